The summed E-state index contributed by atoms with van der Waals surface area (Å²) in [7, 11) is 3.01. The molecule has 0 unspecified atom stereocenters. The lowest BCUT2D eigenvalue weighted by Crippen LogP contribution is -2.35. The average molecular weight is 383 g/mol. The van der Waals surface area contributed by atoms with Gasteiger partial charge in [-0.25, -0.2) is 5.43 Å². The van der Waals surface area contributed by atoms with E-state index < -0.39 is 11.8 Å². The van der Waals surface area contributed by atoms with Gasteiger partial charge in [-0.05, 0) is 42.7 Å². The Kier molecular flexibility index (Phi) is 7.56. The molecule has 7 heteroatoms. The normalized spacial score (nSPS) is 10.9. The van der Waals surface area contributed by atoms with E-state index in [1.165, 1.54) is 19.8 Å². The highest BCUT2D eigenvalue weighted by Crippen LogP contribution is 2.27. The molecule has 0 spiro atoms. The molecule has 28 heavy (non-hydrogen) atoms. The van der Waals surface area contributed by atoms with Crippen molar-refractivity contribution in [3.63, 3.8) is 0 Å². The van der Waals surface area contributed by atoms with Gasteiger partial charge in [-0.15, -0.1) is 0 Å². The molecule has 0 aliphatic carbocycles. The van der Waals surface area contributed by atoms with Crippen LogP contribution >= 0.6 is 0 Å². The minimum Gasteiger partial charge on any atom is -0.493 e. The fourth-order valence-electron chi connectivity index (χ4n) is 2.47. The molecule has 148 valence electrons. The number of hydrogen-bond acceptors (Lipinski definition) is 5. The summed E-state index contributed by atoms with van der Waals surface area (Å²) in [4.78, 5) is 24.2. The fourth-order valence-corrected chi connectivity index (χ4v) is 2.47. The summed E-state index contributed by atoms with van der Waals surface area (Å²) < 4.78 is 10.3. The van der Waals surface area contributed by atoms with Crippen LogP contribution in [0.4, 0.5) is 0 Å². The van der Waals surface area contributed by atoms with Crippen molar-refractivity contribution in [2.75, 3.05) is 20.8 Å². The molecule has 0 aromatic heterocycles. The fraction of sp³-hybridized carbons (Fsp3) is 0.286. The Morgan fingerprint density at radius 1 is 0.964 bits per heavy atom. The average Bonchev–Trinajstić information content (AvgIpc) is 2.75. The Morgan fingerprint density at radius 3 is 2.21 bits per heavy atom. The number of aryl methyl sites for hydroxylation is 1. The van der Waals surface area contributed by atoms with Crippen molar-refractivity contribution in [3.8, 4) is 11.5 Å². The summed E-state index contributed by atoms with van der Waals surface area (Å²) in [5, 5.41) is 6.63. The van der Waals surface area contributed by atoms with Crippen molar-refractivity contribution in [3.05, 3.63) is 59.2 Å². The van der Waals surface area contributed by atoms with Crippen molar-refractivity contribution < 1.29 is 19.1 Å². The first-order chi connectivity index (χ1) is 13.5. The van der Waals surface area contributed by atoms with Crippen molar-refractivity contribution in [1.82, 2.24) is 10.7 Å². The lowest BCUT2D eigenvalue weighted by Gasteiger charge is -2.10. The van der Waals surface area contributed by atoms with E-state index in [9.17, 15) is 9.59 Å². The summed E-state index contributed by atoms with van der Waals surface area (Å²) in [5.41, 5.74) is 5.65. The van der Waals surface area contributed by atoms with Gasteiger partial charge in [0.05, 0.1) is 26.5 Å². The quantitative estimate of drug-likeness (QED) is 0.542. The predicted octanol–water partition coefficient (Wildman–Crippen LogP) is 2.54. The van der Waals surface area contributed by atoms with E-state index in [1.54, 1.807) is 18.2 Å². The molecule has 0 heterocycles. The molecule has 0 saturated heterocycles. The maximum atomic E-state index is 12.2. The Hall–Kier alpha value is -3.35. The van der Waals surface area contributed by atoms with Crippen molar-refractivity contribution in [2.45, 2.75) is 20.3 Å². The van der Waals surface area contributed by atoms with Crippen LogP contribution in [0.2, 0.25) is 0 Å². The van der Waals surface area contributed by atoms with Gasteiger partial charge in [0.2, 0.25) is 0 Å². The van der Waals surface area contributed by atoms with Crippen LogP contribution in [-0.2, 0) is 11.2 Å². The number of ether oxygens (including phenoxy) is 2. The van der Waals surface area contributed by atoms with Gasteiger partial charge >= 0.3 is 0 Å². The molecule has 0 aliphatic rings. The van der Waals surface area contributed by atoms with Crippen LogP contribution in [0.15, 0.2) is 47.6 Å². The maximum absolute atomic E-state index is 12.2. The van der Waals surface area contributed by atoms with E-state index in [4.69, 9.17) is 9.47 Å². The second-order valence-electron chi connectivity index (χ2n) is 6.04. The molecule has 0 atom stereocenters. The van der Waals surface area contributed by atoms with Crippen molar-refractivity contribution in [1.29, 1.82) is 0 Å². The number of carbonyl (C=O) groups excluding carboxylic acids is 2. The molecule has 7 nitrogen and oxygen atoms in total. The van der Waals surface area contributed by atoms with Crippen LogP contribution in [0.25, 0.3) is 0 Å². The summed E-state index contributed by atoms with van der Waals surface area (Å²) in [5.74, 6) is 0.146. The summed E-state index contributed by atoms with van der Waals surface area (Å²) in [6.07, 6.45) is 0.965. The van der Waals surface area contributed by atoms with E-state index >= 15 is 0 Å². The second-order valence-corrected chi connectivity index (χ2v) is 6.04. The molecule has 0 fully saturated rings. The van der Waals surface area contributed by atoms with Crippen LogP contribution in [0.3, 0.4) is 0 Å². The minimum atomic E-state index is -0.418. The zero-order valence-corrected chi connectivity index (χ0v) is 16.5. The third kappa shape index (κ3) is 5.57. The van der Waals surface area contributed by atoms with E-state index in [-0.39, 0.29) is 6.54 Å². The zero-order valence-electron chi connectivity index (χ0n) is 16.5. The van der Waals surface area contributed by atoms with E-state index in [1.807, 2.05) is 31.2 Å². The van der Waals surface area contributed by atoms with Gasteiger partial charge in [0, 0.05) is 5.56 Å². The molecule has 2 rings (SSSR count). The lowest BCUT2D eigenvalue weighted by molar-refractivity contribution is -0.120. The van der Waals surface area contributed by atoms with E-state index in [2.05, 4.69) is 22.8 Å². The monoisotopic (exact) mass is 383 g/mol. The second kappa shape index (κ2) is 10.1. The van der Waals surface area contributed by atoms with E-state index in [0.29, 0.717) is 22.8 Å². The van der Waals surface area contributed by atoms with Crippen LogP contribution in [-0.4, -0.2) is 38.3 Å². The first-order valence-corrected chi connectivity index (χ1v) is 8.91. The Balaban J connectivity index is 1.90. The van der Waals surface area contributed by atoms with Crippen molar-refractivity contribution >= 4 is 17.5 Å². The number of amides is 2. The Bertz CT molecular complexity index is 860. The zero-order chi connectivity index (χ0) is 20.5. The van der Waals surface area contributed by atoms with E-state index in [0.717, 1.165) is 12.0 Å². The molecule has 0 saturated carbocycles. The number of hydrazone groups is 1. The number of benzene rings is 2. The SMILES string of the molecule is CCc1ccc(C(C)=NNC(=O)CNC(=O)c2ccc(OC)c(OC)c2)cc1. The number of methoxy groups -OCH3 is 2. The molecule has 2 N–H and O–H groups in total. The molecule has 0 bridgehead atoms. The van der Waals surface area contributed by atoms with Gasteiger partial charge in [0.15, 0.2) is 11.5 Å². The Labute approximate surface area is 164 Å². The topological polar surface area (TPSA) is 89.0 Å². The predicted molar refractivity (Wildman–Crippen MR) is 108 cm³/mol. The number of rotatable bonds is 8. The van der Waals surface area contributed by atoms with Gasteiger partial charge in [-0.1, -0.05) is 31.2 Å². The van der Waals surface area contributed by atoms with Crippen LogP contribution in [0.1, 0.15) is 35.3 Å². The Morgan fingerprint density at radius 2 is 1.61 bits per heavy atom. The number of nitrogens with zero attached hydrogens (tertiary/aromatic N) is 1. The molecular formula is C21H25N3O4. The molecule has 2 amide bonds. The van der Waals surface area contributed by atoms with Crippen LogP contribution in [0, 0.1) is 0 Å². The number of carbonyl (C=O) groups is 2. The van der Waals surface area contributed by atoms with Crippen molar-refractivity contribution in [2.24, 2.45) is 5.10 Å². The smallest absolute Gasteiger partial charge is 0.259 e. The largest absolute Gasteiger partial charge is 0.493 e. The highest BCUT2D eigenvalue weighted by molar-refractivity contribution is 6.00. The van der Waals surface area contributed by atoms with Crippen LogP contribution in [0.5, 0.6) is 11.5 Å². The first kappa shape index (κ1) is 21.0. The minimum absolute atomic E-state index is 0.196. The number of nitrogens with one attached hydrogen (secondary N) is 2. The first-order valence-electron chi connectivity index (χ1n) is 8.91. The van der Waals surface area contributed by atoms with Gasteiger partial charge in [0.25, 0.3) is 11.8 Å². The van der Waals surface area contributed by atoms with Gasteiger partial charge < -0.3 is 14.8 Å². The van der Waals surface area contributed by atoms with Gasteiger partial charge in [0.1, 0.15) is 0 Å². The third-order valence-corrected chi connectivity index (χ3v) is 4.18. The van der Waals surface area contributed by atoms with Crippen LogP contribution < -0.4 is 20.2 Å². The molecule has 2 aromatic rings. The third-order valence-electron chi connectivity index (χ3n) is 4.18. The molecule has 0 radical (unpaired) electrons. The molecular weight excluding hydrogens is 358 g/mol. The summed E-state index contributed by atoms with van der Waals surface area (Å²) >= 11 is 0. The standard InChI is InChI=1S/C21H25N3O4/c1-5-15-6-8-16(9-7-15)14(2)23-24-20(25)13-22-21(26)17-10-11-18(27-3)19(12-17)28-4/h6-12H,5,13H2,1-4H3,(H,22,26)(H,24,25). The highest BCUT2D eigenvalue weighted by atomic mass is 16.5. The highest BCUT2D eigenvalue weighted by Gasteiger charge is 2.12. The van der Waals surface area contributed by atoms with Gasteiger partial charge in [-0.3, -0.25) is 9.59 Å². The summed E-state index contributed by atoms with van der Waals surface area (Å²) in [6.45, 7) is 3.70. The molecule has 2 aromatic carbocycles. The number of hydrogen-bond donors (Lipinski definition) is 2. The summed E-state index contributed by atoms with van der Waals surface area (Å²) in [6, 6.07) is 12.8. The van der Waals surface area contributed by atoms with Gasteiger partial charge in [-0.2, -0.15) is 5.10 Å². The lowest BCUT2D eigenvalue weighted by atomic mass is 10.1. The maximum Gasteiger partial charge on any atom is 0.259 e. The molecule has 0 aliphatic heterocycles.